The van der Waals surface area contributed by atoms with Crippen molar-refractivity contribution < 1.29 is 18.4 Å². The van der Waals surface area contributed by atoms with Crippen molar-refractivity contribution >= 4 is 27.7 Å². The van der Waals surface area contributed by atoms with Crippen molar-refractivity contribution in [3.05, 3.63) is 33.8 Å². The van der Waals surface area contributed by atoms with E-state index in [1.165, 1.54) is 6.42 Å². The Morgan fingerprint density at radius 1 is 1.32 bits per heavy atom. The number of alkyl halides is 2. The van der Waals surface area contributed by atoms with Gasteiger partial charge in [0.15, 0.2) is 0 Å². The summed E-state index contributed by atoms with van der Waals surface area (Å²) >= 11 is 3.50. The molecule has 2 fully saturated rings. The van der Waals surface area contributed by atoms with Gasteiger partial charge in [-0.05, 0) is 55.9 Å². The number of rotatable bonds is 3. The van der Waals surface area contributed by atoms with Gasteiger partial charge in [-0.15, -0.1) is 0 Å². The molecule has 0 saturated heterocycles. The van der Waals surface area contributed by atoms with Crippen molar-refractivity contribution in [2.75, 3.05) is 20.0 Å². The Hall–Kier alpha value is -1.50. The minimum absolute atomic E-state index is 0.0104. The Bertz CT molecular complexity index is 675. The Morgan fingerprint density at radius 2 is 2.00 bits per heavy atom. The third kappa shape index (κ3) is 3.86. The van der Waals surface area contributed by atoms with E-state index in [4.69, 9.17) is 0 Å². The second kappa shape index (κ2) is 7.40. The molecule has 7 heteroatoms. The van der Waals surface area contributed by atoms with Crippen LogP contribution in [0.25, 0.3) is 0 Å². The lowest BCUT2D eigenvalue weighted by atomic mass is 9.86. The molecule has 136 valence electrons. The molecule has 4 nitrogen and oxygen atoms in total. The number of carbonyl (C=O) groups is 2. The fourth-order valence-electron chi connectivity index (χ4n) is 3.54. The number of nitrogens with one attached hydrogen (secondary N) is 1. The maximum atomic E-state index is 12.7. The second-order valence-corrected chi connectivity index (χ2v) is 7.84. The summed E-state index contributed by atoms with van der Waals surface area (Å²) in [5.41, 5.74) is 2.01. The molecule has 1 aliphatic heterocycles. The first-order chi connectivity index (χ1) is 12.0. The minimum Gasteiger partial charge on any atom is -0.352 e. The first kappa shape index (κ1) is 18.3. The number of amides is 2. The molecule has 2 saturated carbocycles. The third-order valence-corrected chi connectivity index (χ3v) is 5.72. The van der Waals surface area contributed by atoms with Gasteiger partial charge < -0.3 is 10.2 Å². The molecular formula is C18H21BrF2N2O2. The quantitative estimate of drug-likeness (QED) is 0.822. The van der Waals surface area contributed by atoms with Crippen LogP contribution in [0.3, 0.4) is 0 Å². The van der Waals surface area contributed by atoms with E-state index in [0.717, 1.165) is 41.3 Å². The molecule has 25 heavy (non-hydrogen) atoms. The fraction of sp³-hybridized carbons (Fsp3) is 0.556. The van der Waals surface area contributed by atoms with Gasteiger partial charge in [-0.3, -0.25) is 9.59 Å². The summed E-state index contributed by atoms with van der Waals surface area (Å²) in [7, 11) is 0. The van der Waals surface area contributed by atoms with Gasteiger partial charge in [0.2, 0.25) is 12.8 Å². The monoisotopic (exact) mass is 414 g/mol. The highest BCUT2D eigenvalue weighted by molar-refractivity contribution is 9.10. The summed E-state index contributed by atoms with van der Waals surface area (Å²) in [5.74, 6) is -0.0294. The van der Waals surface area contributed by atoms with E-state index in [-0.39, 0.29) is 23.8 Å². The normalized spacial score (nSPS) is 20.3. The van der Waals surface area contributed by atoms with Crippen molar-refractivity contribution in [3.63, 3.8) is 0 Å². The summed E-state index contributed by atoms with van der Waals surface area (Å²) in [5, 5.41) is 3.02. The zero-order chi connectivity index (χ0) is 18.0. The molecule has 4 rings (SSSR count). The molecular weight excluding hydrogens is 394 g/mol. The highest BCUT2D eigenvalue weighted by Crippen LogP contribution is 2.52. The van der Waals surface area contributed by atoms with Crippen LogP contribution in [0.2, 0.25) is 0 Å². The smallest absolute Gasteiger partial charge is 0.254 e. The Kier molecular flexibility index (Phi) is 5.41. The average Bonchev–Trinajstić information content (AvgIpc) is 3.30. The number of benzene rings is 1. The van der Waals surface area contributed by atoms with E-state index in [9.17, 15) is 18.4 Å². The van der Waals surface area contributed by atoms with Crippen molar-refractivity contribution in [1.82, 2.24) is 10.2 Å². The SMILES string of the molecule is FCF.O=C(CN1CC2(CC2)c2cc(Br)ccc2C1=O)NC1CCC1. The zero-order valence-corrected chi connectivity index (χ0v) is 15.4. The molecule has 0 radical (unpaired) electrons. The maximum absolute atomic E-state index is 12.7. The van der Waals surface area contributed by atoms with Crippen LogP contribution in [-0.2, 0) is 10.2 Å². The van der Waals surface area contributed by atoms with E-state index >= 15 is 0 Å². The first-order valence-electron chi connectivity index (χ1n) is 8.50. The number of fused-ring (bicyclic) bond motifs is 2. The Balaban J connectivity index is 0.000000569. The van der Waals surface area contributed by atoms with Crippen LogP contribution in [0.4, 0.5) is 8.78 Å². The number of nitrogens with zero attached hydrogens (tertiary/aromatic N) is 1. The van der Waals surface area contributed by atoms with Crippen LogP contribution in [-0.4, -0.2) is 42.8 Å². The lowest BCUT2D eigenvalue weighted by Gasteiger charge is -2.35. The first-order valence-corrected chi connectivity index (χ1v) is 9.29. The minimum atomic E-state index is -1.75. The van der Waals surface area contributed by atoms with Gasteiger partial charge in [0, 0.05) is 28.0 Å². The second-order valence-electron chi connectivity index (χ2n) is 6.93. The summed E-state index contributed by atoms with van der Waals surface area (Å²) in [4.78, 5) is 26.6. The number of hydrogen-bond acceptors (Lipinski definition) is 2. The van der Waals surface area contributed by atoms with Crippen LogP contribution in [0.5, 0.6) is 0 Å². The van der Waals surface area contributed by atoms with E-state index in [2.05, 4.69) is 27.3 Å². The van der Waals surface area contributed by atoms with E-state index in [1.807, 2.05) is 12.1 Å². The third-order valence-electron chi connectivity index (χ3n) is 5.22. The largest absolute Gasteiger partial charge is 0.352 e. The van der Waals surface area contributed by atoms with Gasteiger partial charge in [0.05, 0.1) is 6.54 Å². The predicted molar refractivity (Wildman–Crippen MR) is 93.8 cm³/mol. The van der Waals surface area contributed by atoms with Crippen LogP contribution in [0, 0.1) is 0 Å². The molecule has 0 unspecified atom stereocenters. The van der Waals surface area contributed by atoms with E-state index < -0.39 is 6.93 Å². The van der Waals surface area contributed by atoms with Gasteiger partial charge in [-0.25, -0.2) is 8.78 Å². The zero-order valence-electron chi connectivity index (χ0n) is 13.9. The predicted octanol–water partition coefficient (Wildman–Crippen LogP) is 3.49. The lowest BCUT2D eigenvalue weighted by Crippen LogP contribution is -2.50. The van der Waals surface area contributed by atoms with Gasteiger partial charge >= 0.3 is 0 Å². The van der Waals surface area contributed by atoms with Gasteiger partial charge in [0.1, 0.15) is 0 Å². The summed E-state index contributed by atoms with van der Waals surface area (Å²) < 4.78 is 20.3. The molecule has 2 aliphatic carbocycles. The molecule has 1 aromatic rings. The summed E-state index contributed by atoms with van der Waals surface area (Å²) in [6.07, 6.45) is 5.54. The van der Waals surface area contributed by atoms with Crippen molar-refractivity contribution in [2.45, 2.75) is 43.6 Å². The average molecular weight is 415 g/mol. The molecule has 1 N–H and O–H groups in total. The molecule has 1 heterocycles. The molecule has 1 aromatic carbocycles. The maximum Gasteiger partial charge on any atom is 0.254 e. The lowest BCUT2D eigenvalue weighted by molar-refractivity contribution is -0.123. The molecule has 0 aromatic heterocycles. The molecule has 1 spiro atoms. The highest BCUT2D eigenvalue weighted by atomic mass is 79.9. The van der Waals surface area contributed by atoms with Crippen LogP contribution < -0.4 is 5.32 Å². The molecule has 3 aliphatic rings. The van der Waals surface area contributed by atoms with Crippen molar-refractivity contribution in [1.29, 1.82) is 0 Å². The number of carbonyl (C=O) groups excluding carboxylic acids is 2. The van der Waals surface area contributed by atoms with Crippen LogP contribution in [0.15, 0.2) is 22.7 Å². The van der Waals surface area contributed by atoms with Gasteiger partial charge in [-0.2, -0.15) is 0 Å². The number of hydrogen-bond donors (Lipinski definition) is 1. The van der Waals surface area contributed by atoms with Gasteiger partial charge in [0.25, 0.3) is 5.91 Å². The Labute approximate surface area is 154 Å². The van der Waals surface area contributed by atoms with Crippen LogP contribution in [0.1, 0.15) is 48.0 Å². The standard InChI is InChI=1S/C17H19BrN2O2.CH2F2/c18-11-4-5-13-14(8-11)17(6-7-17)10-20(16(13)22)9-15(21)19-12-2-1-3-12;2-1-3/h4-5,8,12H,1-3,6-7,9-10H2,(H,19,21);1H2. The highest BCUT2D eigenvalue weighted by Gasteiger charge is 2.51. The summed E-state index contributed by atoms with van der Waals surface area (Å²) in [6, 6.07) is 6.19. The number of halogens is 3. The molecule has 0 bridgehead atoms. The van der Waals surface area contributed by atoms with Gasteiger partial charge in [-0.1, -0.05) is 15.9 Å². The fourth-order valence-corrected chi connectivity index (χ4v) is 3.90. The van der Waals surface area contributed by atoms with Crippen molar-refractivity contribution in [2.24, 2.45) is 0 Å². The Morgan fingerprint density at radius 3 is 2.56 bits per heavy atom. The van der Waals surface area contributed by atoms with Crippen LogP contribution >= 0.6 is 15.9 Å². The van der Waals surface area contributed by atoms with E-state index in [0.29, 0.717) is 12.6 Å². The topological polar surface area (TPSA) is 49.4 Å². The molecule has 2 amide bonds. The molecule has 0 atom stereocenters. The van der Waals surface area contributed by atoms with E-state index in [1.54, 1.807) is 4.90 Å². The summed E-state index contributed by atoms with van der Waals surface area (Å²) in [6.45, 7) is -0.889. The van der Waals surface area contributed by atoms with Crippen molar-refractivity contribution in [3.8, 4) is 0 Å².